The average molecular weight is 240 g/mol. The molecule has 0 bridgehead atoms. The second-order valence-corrected chi connectivity index (χ2v) is 4.13. The molecule has 0 aliphatic rings. The van der Waals surface area contributed by atoms with Gasteiger partial charge < -0.3 is 10.3 Å². The standard InChI is InChI=1S/C10H15N3O2S/c1-2-8(11)7-13(12)9-3-5-10(6-4-9)16(14)15/h3-7H,2,11-12H2,1H3,(H,14,15)/p-1/b8-7-. The van der Waals surface area contributed by atoms with Gasteiger partial charge in [0.25, 0.3) is 0 Å². The highest BCUT2D eigenvalue weighted by atomic mass is 32.2. The minimum atomic E-state index is -2.21. The van der Waals surface area contributed by atoms with E-state index in [4.69, 9.17) is 11.6 Å². The van der Waals surface area contributed by atoms with Crippen molar-refractivity contribution in [1.82, 2.24) is 0 Å². The second kappa shape index (κ2) is 5.64. The Morgan fingerprint density at radius 1 is 1.50 bits per heavy atom. The van der Waals surface area contributed by atoms with Crippen LogP contribution in [0.5, 0.6) is 0 Å². The molecule has 4 N–H and O–H groups in total. The van der Waals surface area contributed by atoms with Gasteiger partial charge in [0.1, 0.15) is 0 Å². The van der Waals surface area contributed by atoms with Crippen molar-refractivity contribution in [2.45, 2.75) is 18.2 Å². The van der Waals surface area contributed by atoms with Crippen LogP contribution in [0.3, 0.4) is 0 Å². The Bertz CT molecular complexity index is 403. The maximum absolute atomic E-state index is 10.6. The van der Waals surface area contributed by atoms with E-state index >= 15 is 0 Å². The highest BCUT2D eigenvalue weighted by Gasteiger charge is 1.99. The Hall–Kier alpha value is -1.37. The van der Waals surface area contributed by atoms with Gasteiger partial charge in [-0.25, -0.2) is 5.84 Å². The van der Waals surface area contributed by atoms with Crippen LogP contribution in [0.25, 0.3) is 0 Å². The van der Waals surface area contributed by atoms with Gasteiger partial charge in [0, 0.05) is 16.8 Å². The number of benzene rings is 1. The van der Waals surface area contributed by atoms with Gasteiger partial charge in [-0.2, -0.15) is 0 Å². The highest BCUT2D eigenvalue weighted by molar-refractivity contribution is 7.79. The van der Waals surface area contributed by atoms with Gasteiger partial charge in [0.2, 0.25) is 0 Å². The second-order valence-electron chi connectivity index (χ2n) is 3.19. The van der Waals surface area contributed by atoms with Crippen molar-refractivity contribution in [3.05, 3.63) is 36.2 Å². The lowest BCUT2D eigenvalue weighted by Gasteiger charge is -2.15. The van der Waals surface area contributed by atoms with Crippen molar-refractivity contribution in [2.24, 2.45) is 11.6 Å². The summed E-state index contributed by atoms with van der Waals surface area (Å²) in [5, 5.41) is 1.36. The largest absolute Gasteiger partial charge is 0.768 e. The fourth-order valence-corrected chi connectivity index (χ4v) is 1.43. The van der Waals surface area contributed by atoms with Gasteiger partial charge in [-0.1, -0.05) is 6.92 Å². The van der Waals surface area contributed by atoms with Crippen LogP contribution >= 0.6 is 0 Å². The molecular formula is C10H14N3O2S-. The zero-order valence-electron chi connectivity index (χ0n) is 8.92. The summed E-state index contributed by atoms with van der Waals surface area (Å²) in [6.45, 7) is 1.92. The van der Waals surface area contributed by atoms with E-state index in [1.54, 1.807) is 18.3 Å². The Labute approximate surface area is 97.0 Å². The predicted molar refractivity (Wildman–Crippen MR) is 62.9 cm³/mol. The average Bonchev–Trinajstić information content (AvgIpc) is 2.28. The number of hydrogen-bond donors (Lipinski definition) is 2. The molecule has 0 spiro atoms. The predicted octanol–water partition coefficient (Wildman–Crippen LogP) is 0.815. The highest BCUT2D eigenvalue weighted by Crippen LogP contribution is 2.15. The van der Waals surface area contributed by atoms with E-state index in [1.807, 2.05) is 6.92 Å². The minimum absolute atomic E-state index is 0.226. The van der Waals surface area contributed by atoms with E-state index in [1.165, 1.54) is 17.1 Å². The molecule has 1 unspecified atom stereocenters. The van der Waals surface area contributed by atoms with Crippen molar-refractivity contribution >= 4 is 16.8 Å². The fourth-order valence-electron chi connectivity index (χ4n) is 1.07. The zero-order valence-corrected chi connectivity index (χ0v) is 9.74. The third-order valence-corrected chi connectivity index (χ3v) is 2.70. The Balaban J connectivity index is 2.85. The zero-order chi connectivity index (χ0) is 12.1. The molecule has 0 fully saturated rings. The monoisotopic (exact) mass is 240 g/mol. The van der Waals surface area contributed by atoms with Crippen LogP contribution in [-0.2, 0) is 11.1 Å². The van der Waals surface area contributed by atoms with Crippen molar-refractivity contribution in [1.29, 1.82) is 0 Å². The van der Waals surface area contributed by atoms with Crippen LogP contribution < -0.4 is 16.6 Å². The molecule has 1 atom stereocenters. The van der Waals surface area contributed by atoms with Crippen LogP contribution in [0.4, 0.5) is 5.69 Å². The summed E-state index contributed by atoms with van der Waals surface area (Å²) in [5.74, 6) is 5.72. The first kappa shape index (κ1) is 12.7. The van der Waals surface area contributed by atoms with E-state index in [9.17, 15) is 8.76 Å². The first-order valence-corrected chi connectivity index (χ1v) is 5.81. The maximum atomic E-state index is 10.6. The molecule has 5 nitrogen and oxygen atoms in total. The molecule has 1 rings (SSSR count). The topological polar surface area (TPSA) is 95.4 Å². The van der Waals surface area contributed by atoms with Crippen LogP contribution in [0.15, 0.2) is 41.1 Å². The third kappa shape index (κ3) is 3.34. The lowest BCUT2D eigenvalue weighted by atomic mass is 10.3. The third-order valence-electron chi connectivity index (χ3n) is 2.04. The van der Waals surface area contributed by atoms with Crippen LogP contribution in [0, 0.1) is 0 Å². The molecular weight excluding hydrogens is 226 g/mol. The quantitative estimate of drug-likeness (QED) is 0.461. The number of hydrazine groups is 1. The molecule has 16 heavy (non-hydrogen) atoms. The Morgan fingerprint density at radius 2 is 2.06 bits per heavy atom. The van der Waals surface area contributed by atoms with E-state index in [0.29, 0.717) is 17.8 Å². The summed E-state index contributed by atoms with van der Waals surface area (Å²) < 4.78 is 21.3. The number of allylic oxidation sites excluding steroid dienone is 1. The van der Waals surface area contributed by atoms with Gasteiger partial charge in [-0.15, -0.1) is 0 Å². The van der Waals surface area contributed by atoms with E-state index in [2.05, 4.69) is 0 Å². The summed E-state index contributed by atoms with van der Waals surface area (Å²) in [5.41, 5.74) is 6.95. The van der Waals surface area contributed by atoms with E-state index < -0.39 is 11.1 Å². The molecule has 0 saturated heterocycles. The lowest BCUT2D eigenvalue weighted by molar-refractivity contribution is 0.537. The SMILES string of the molecule is CC/C(N)=C/N(N)c1ccc(S(=O)[O-])cc1. The van der Waals surface area contributed by atoms with Gasteiger partial charge in [0.15, 0.2) is 0 Å². The first-order chi connectivity index (χ1) is 7.54. The van der Waals surface area contributed by atoms with Crippen molar-refractivity contribution in [2.75, 3.05) is 5.01 Å². The lowest BCUT2D eigenvalue weighted by Crippen LogP contribution is -2.25. The summed E-state index contributed by atoms with van der Waals surface area (Å²) in [6.07, 6.45) is 2.31. The van der Waals surface area contributed by atoms with Crippen molar-refractivity contribution < 1.29 is 8.76 Å². The molecule has 0 amide bonds. The van der Waals surface area contributed by atoms with Gasteiger partial charge in [0.05, 0.1) is 5.69 Å². The number of nitrogens with zero attached hydrogens (tertiary/aromatic N) is 1. The summed E-state index contributed by atoms with van der Waals surface area (Å²) >= 11 is -2.21. The number of rotatable bonds is 4. The van der Waals surface area contributed by atoms with E-state index in [0.717, 1.165) is 0 Å². The minimum Gasteiger partial charge on any atom is -0.768 e. The van der Waals surface area contributed by atoms with Crippen LogP contribution in [0.1, 0.15) is 13.3 Å². The molecule has 0 aliphatic heterocycles. The summed E-state index contributed by atoms with van der Waals surface area (Å²) in [6, 6.07) is 6.19. The van der Waals surface area contributed by atoms with Crippen molar-refractivity contribution in [3.63, 3.8) is 0 Å². The molecule has 1 aromatic carbocycles. The molecule has 0 radical (unpaired) electrons. The van der Waals surface area contributed by atoms with Gasteiger partial charge in [-0.05, 0) is 41.8 Å². The maximum Gasteiger partial charge on any atom is 0.0569 e. The first-order valence-electron chi connectivity index (χ1n) is 4.74. The Kier molecular flexibility index (Phi) is 4.48. The number of hydrogen-bond acceptors (Lipinski definition) is 5. The molecule has 0 heterocycles. The number of anilines is 1. The molecule has 0 saturated carbocycles. The number of nitrogens with two attached hydrogens (primary N) is 2. The van der Waals surface area contributed by atoms with E-state index in [-0.39, 0.29) is 4.90 Å². The molecule has 0 aromatic heterocycles. The molecule has 6 heteroatoms. The van der Waals surface area contributed by atoms with Gasteiger partial charge in [-0.3, -0.25) is 9.22 Å². The Morgan fingerprint density at radius 3 is 2.50 bits per heavy atom. The fraction of sp³-hybridized carbons (Fsp3) is 0.200. The summed E-state index contributed by atoms with van der Waals surface area (Å²) in [4.78, 5) is 0.226. The molecule has 88 valence electrons. The molecule has 1 aromatic rings. The summed E-state index contributed by atoms with van der Waals surface area (Å²) in [7, 11) is 0. The normalized spacial score (nSPS) is 13.6. The molecule has 0 aliphatic carbocycles. The van der Waals surface area contributed by atoms with Gasteiger partial charge >= 0.3 is 0 Å². The van der Waals surface area contributed by atoms with Crippen LogP contribution in [-0.4, -0.2) is 8.76 Å². The van der Waals surface area contributed by atoms with Crippen molar-refractivity contribution in [3.8, 4) is 0 Å². The van der Waals surface area contributed by atoms with Crippen LogP contribution in [0.2, 0.25) is 0 Å². The smallest absolute Gasteiger partial charge is 0.0569 e.